The van der Waals surface area contributed by atoms with Gasteiger partial charge in [0.15, 0.2) is 11.5 Å². The lowest BCUT2D eigenvalue weighted by Gasteiger charge is -2.16. The average Bonchev–Trinajstić information content (AvgIpc) is 2.93. The van der Waals surface area contributed by atoms with E-state index >= 15 is 0 Å². The average molecular weight is 264 g/mol. The third-order valence-corrected chi connectivity index (χ3v) is 3.38. The molecule has 0 saturated carbocycles. The van der Waals surface area contributed by atoms with E-state index in [1.165, 1.54) is 0 Å². The van der Waals surface area contributed by atoms with Crippen LogP contribution in [0.3, 0.4) is 0 Å². The summed E-state index contributed by atoms with van der Waals surface area (Å²) in [5.41, 5.74) is 3.94. The Morgan fingerprint density at radius 3 is 2.56 bits per heavy atom. The van der Waals surface area contributed by atoms with E-state index < -0.39 is 0 Å². The van der Waals surface area contributed by atoms with Crippen LogP contribution < -0.4 is 14.8 Å². The van der Waals surface area contributed by atoms with E-state index in [1.807, 2.05) is 36.1 Å². The zero-order valence-electron chi connectivity index (χ0n) is 10.6. The Bertz CT molecular complexity index is 500. The molecule has 5 heteroatoms. The fraction of sp³-hybridized carbons (Fsp3) is 0.308. The number of hydrogen-bond donors (Lipinski definition) is 1. The summed E-state index contributed by atoms with van der Waals surface area (Å²) in [4.78, 5) is 4.35. The van der Waals surface area contributed by atoms with Crippen molar-refractivity contribution in [2.75, 3.05) is 21.3 Å². The molecule has 0 spiro atoms. The topological polar surface area (TPSA) is 43.4 Å². The largest absolute Gasteiger partial charge is 0.493 e. The first kappa shape index (κ1) is 12.9. The van der Waals surface area contributed by atoms with Gasteiger partial charge in [-0.05, 0) is 24.7 Å². The van der Waals surface area contributed by atoms with Crippen molar-refractivity contribution >= 4 is 11.3 Å². The Hall–Kier alpha value is -1.59. The first-order valence-electron chi connectivity index (χ1n) is 5.57. The van der Waals surface area contributed by atoms with E-state index in [0.717, 1.165) is 22.8 Å². The maximum Gasteiger partial charge on any atom is 0.161 e. The Morgan fingerprint density at radius 1 is 1.22 bits per heavy atom. The molecular formula is C13H16N2O2S. The van der Waals surface area contributed by atoms with E-state index in [0.29, 0.717) is 0 Å². The smallest absolute Gasteiger partial charge is 0.161 e. The number of nitrogens with zero attached hydrogens (tertiary/aromatic N) is 1. The van der Waals surface area contributed by atoms with Crippen LogP contribution in [0.1, 0.15) is 17.3 Å². The van der Waals surface area contributed by atoms with Crippen LogP contribution >= 0.6 is 11.3 Å². The van der Waals surface area contributed by atoms with Crippen molar-refractivity contribution in [1.82, 2.24) is 10.3 Å². The number of ether oxygens (including phenoxy) is 2. The predicted molar refractivity (Wildman–Crippen MR) is 72.6 cm³/mol. The van der Waals surface area contributed by atoms with Crippen molar-refractivity contribution in [3.8, 4) is 11.5 Å². The minimum Gasteiger partial charge on any atom is -0.493 e. The van der Waals surface area contributed by atoms with E-state index in [9.17, 15) is 0 Å². The molecule has 2 rings (SSSR count). The Kier molecular flexibility index (Phi) is 4.17. The summed E-state index contributed by atoms with van der Waals surface area (Å²) < 4.78 is 10.6. The normalized spacial score (nSPS) is 12.2. The number of rotatable bonds is 5. The van der Waals surface area contributed by atoms with Crippen molar-refractivity contribution in [3.63, 3.8) is 0 Å². The van der Waals surface area contributed by atoms with Gasteiger partial charge in [0.25, 0.3) is 0 Å². The summed E-state index contributed by atoms with van der Waals surface area (Å²) >= 11 is 1.59. The number of hydrogen-bond acceptors (Lipinski definition) is 5. The zero-order valence-corrected chi connectivity index (χ0v) is 11.5. The van der Waals surface area contributed by atoms with Gasteiger partial charge in [-0.25, -0.2) is 4.98 Å². The van der Waals surface area contributed by atoms with Crippen LogP contribution in [0.4, 0.5) is 0 Å². The Balaban J connectivity index is 2.37. The molecule has 0 radical (unpaired) electrons. The molecule has 1 atom stereocenters. The fourth-order valence-electron chi connectivity index (χ4n) is 1.88. The maximum absolute atomic E-state index is 5.32. The Morgan fingerprint density at radius 2 is 2.00 bits per heavy atom. The van der Waals surface area contributed by atoms with E-state index in [4.69, 9.17) is 9.47 Å². The van der Waals surface area contributed by atoms with Crippen LogP contribution in [0.25, 0.3) is 0 Å². The summed E-state index contributed by atoms with van der Waals surface area (Å²) in [6, 6.07) is 5.96. The van der Waals surface area contributed by atoms with Gasteiger partial charge in [-0.15, -0.1) is 11.3 Å². The lowest BCUT2D eigenvalue weighted by molar-refractivity contribution is 0.354. The lowest BCUT2D eigenvalue weighted by Crippen LogP contribution is -2.18. The van der Waals surface area contributed by atoms with Crippen molar-refractivity contribution < 1.29 is 9.47 Å². The molecule has 0 bridgehead atoms. The van der Waals surface area contributed by atoms with Crippen molar-refractivity contribution in [2.45, 2.75) is 6.04 Å². The van der Waals surface area contributed by atoms with E-state index in [1.54, 1.807) is 25.6 Å². The molecule has 1 aromatic heterocycles. The molecule has 4 nitrogen and oxygen atoms in total. The summed E-state index contributed by atoms with van der Waals surface area (Å²) in [5.74, 6) is 1.46. The van der Waals surface area contributed by atoms with Gasteiger partial charge in [0.05, 0.1) is 31.5 Å². The summed E-state index contributed by atoms with van der Waals surface area (Å²) in [6.45, 7) is 0. The molecule has 18 heavy (non-hydrogen) atoms. The third-order valence-electron chi connectivity index (χ3n) is 2.78. The molecule has 0 aliphatic rings. The summed E-state index contributed by atoms with van der Waals surface area (Å²) in [7, 11) is 5.19. The van der Waals surface area contributed by atoms with E-state index in [2.05, 4.69) is 10.3 Å². The first-order chi connectivity index (χ1) is 8.80. The summed E-state index contributed by atoms with van der Waals surface area (Å²) in [5, 5.41) is 5.30. The van der Waals surface area contributed by atoms with Gasteiger partial charge >= 0.3 is 0 Å². The van der Waals surface area contributed by atoms with Gasteiger partial charge in [-0.2, -0.15) is 0 Å². The standard InChI is InChI=1S/C13H16N2O2S/c1-14-13(10-7-18-8-15-10)9-4-5-11(16-2)12(6-9)17-3/h4-8,13-14H,1-3H3. The highest BCUT2D eigenvalue weighted by molar-refractivity contribution is 7.07. The monoisotopic (exact) mass is 264 g/mol. The number of methoxy groups -OCH3 is 2. The predicted octanol–water partition coefficient (Wildman–Crippen LogP) is 2.47. The van der Waals surface area contributed by atoms with Gasteiger partial charge in [0.2, 0.25) is 0 Å². The fourth-order valence-corrected chi connectivity index (χ4v) is 2.46. The Labute approximate surface area is 111 Å². The van der Waals surface area contributed by atoms with Gasteiger partial charge in [0.1, 0.15) is 0 Å². The quantitative estimate of drug-likeness (QED) is 0.901. The molecule has 1 unspecified atom stereocenters. The van der Waals surface area contributed by atoms with Crippen LogP contribution in [0.5, 0.6) is 11.5 Å². The van der Waals surface area contributed by atoms with E-state index in [-0.39, 0.29) is 6.04 Å². The SMILES string of the molecule is CNC(c1ccc(OC)c(OC)c1)c1cscn1. The molecule has 2 aromatic rings. The minimum absolute atomic E-state index is 0.0658. The molecule has 0 aliphatic carbocycles. The van der Waals surface area contributed by atoms with Gasteiger partial charge < -0.3 is 14.8 Å². The zero-order chi connectivity index (χ0) is 13.0. The number of nitrogens with one attached hydrogen (secondary N) is 1. The highest BCUT2D eigenvalue weighted by Gasteiger charge is 2.16. The second kappa shape index (κ2) is 5.84. The lowest BCUT2D eigenvalue weighted by atomic mass is 10.0. The van der Waals surface area contributed by atoms with Crippen LogP contribution in [-0.2, 0) is 0 Å². The highest BCUT2D eigenvalue weighted by atomic mass is 32.1. The molecule has 0 aliphatic heterocycles. The number of benzene rings is 1. The molecule has 96 valence electrons. The van der Waals surface area contributed by atoms with Gasteiger partial charge in [0, 0.05) is 5.38 Å². The summed E-state index contributed by atoms with van der Waals surface area (Å²) in [6.07, 6.45) is 0. The van der Waals surface area contributed by atoms with Crippen molar-refractivity contribution in [1.29, 1.82) is 0 Å². The highest BCUT2D eigenvalue weighted by Crippen LogP contribution is 2.31. The van der Waals surface area contributed by atoms with Crippen LogP contribution in [0, 0.1) is 0 Å². The molecule has 1 aromatic carbocycles. The van der Waals surface area contributed by atoms with Crippen molar-refractivity contribution in [2.24, 2.45) is 0 Å². The second-order valence-electron chi connectivity index (χ2n) is 3.75. The number of aromatic nitrogens is 1. The molecule has 0 saturated heterocycles. The molecule has 1 heterocycles. The molecular weight excluding hydrogens is 248 g/mol. The minimum atomic E-state index is 0.0658. The maximum atomic E-state index is 5.32. The van der Waals surface area contributed by atoms with Crippen LogP contribution in [0.15, 0.2) is 29.1 Å². The number of thiazole rings is 1. The van der Waals surface area contributed by atoms with Crippen LogP contribution in [0.2, 0.25) is 0 Å². The molecule has 0 fully saturated rings. The third kappa shape index (κ3) is 2.47. The van der Waals surface area contributed by atoms with Crippen LogP contribution in [-0.4, -0.2) is 26.3 Å². The molecule has 1 N–H and O–H groups in total. The van der Waals surface area contributed by atoms with Crippen molar-refractivity contribution in [3.05, 3.63) is 40.3 Å². The van der Waals surface area contributed by atoms with Gasteiger partial charge in [-0.3, -0.25) is 0 Å². The first-order valence-corrected chi connectivity index (χ1v) is 6.51. The second-order valence-corrected chi connectivity index (χ2v) is 4.47. The molecule has 0 amide bonds. The van der Waals surface area contributed by atoms with Gasteiger partial charge in [-0.1, -0.05) is 6.07 Å².